The van der Waals surface area contributed by atoms with Gasteiger partial charge in [-0.1, -0.05) is 0 Å². The van der Waals surface area contributed by atoms with Crippen LogP contribution in [0.15, 0.2) is 55.1 Å². The second-order valence-electron chi connectivity index (χ2n) is 7.97. The van der Waals surface area contributed by atoms with Gasteiger partial charge in [0.1, 0.15) is 0 Å². The van der Waals surface area contributed by atoms with Crippen molar-refractivity contribution in [2.24, 2.45) is 0 Å². The first-order chi connectivity index (χ1) is 13.3. The fourth-order valence-electron chi connectivity index (χ4n) is 4.64. The van der Waals surface area contributed by atoms with Gasteiger partial charge in [0.15, 0.2) is 0 Å². The molecule has 27 heavy (non-hydrogen) atoms. The molecule has 2 aliphatic rings. The topological polar surface area (TPSA) is 0 Å². The van der Waals surface area contributed by atoms with Gasteiger partial charge in [0.25, 0.3) is 0 Å². The first-order valence-corrected chi connectivity index (χ1v) is 13.2. The Bertz CT molecular complexity index is 787. The predicted octanol–water partition coefficient (Wildman–Crippen LogP) is 7.73. The molecule has 0 aromatic heterocycles. The van der Waals surface area contributed by atoms with Gasteiger partial charge in [-0.3, -0.25) is 0 Å². The summed E-state index contributed by atoms with van der Waals surface area (Å²) >= 11 is -0.737. The zero-order valence-corrected chi connectivity index (χ0v) is 19.1. The van der Waals surface area contributed by atoms with Gasteiger partial charge in [-0.15, -0.1) is 0 Å². The molecule has 0 nitrogen and oxygen atoms in total. The van der Waals surface area contributed by atoms with E-state index in [4.69, 9.17) is 0 Å². The van der Waals surface area contributed by atoms with Crippen LogP contribution >= 0.6 is 0 Å². The Kier molecular flexibility index (Phi) is 6.29. The van der Waals surface area contributed by atoms with Crippen LogP contribution in [-0.2, 0) is 23.2 Å². The van der Waals surface area contributed by atoms with E-state index in [1.165, 1.54) is 49.7 Å². The molecule has 0 saturated heterocycles. The Balaban J connectivity index is 1.60. The van der Waals surface area contributed by atoms with Crippen molar-refractivity contribution in [2.75, 3.05) is 0 Å². The van der Waals surface area contributed by atoms with Crippen LogP contribution in [0.25, 0.3) is 12.2 Å². The molecule has 0 fully saturated rings. The third-order valence-electron chi connectivity index (χ3n) is 6.10. The van der Waals surface area contributed by atoms with Crippen LogP contribution in [0.5, 0.6) is 0 Å². The first kappa shape index (κ1) is 19.1. The molecule has 0 spiro atoms. The summed E-state index contributed by atoms with van der Waals surface area (Å²) in [4.78, 5) is 0. The van der Waals surface area contributed by atoms with E-state index >= 15 is 0 Å². The molecular weight excluding hydrogens is 404 g/mol. The molecule has 1 heteroatoms. The standard InChI is InChI=1S/2C13H15.Zr/c2*1-2-3-6-11-9-10-12-7-4-5-8-13(11)12;/h2*4-5,7-8,10-11H,2-3,6H2,1H3;. The normalized spacial score (nSPS) is 20.1. The molecule has 2 atom stereocenters. The van der Waals surface area contributed by atoms with Crippen LogP contribution in [0.2, 0.25) is 0 Å². The summed E-state index contributed by atoms with van der Waals surface area (Å²) < 4.78 is 3.63. The van der Waals surface area contributed by atoms with E-state index in [-0.39, 0.29) is 0 Å². The molecule has 2 aromatic rings. The Morgan fingerprint density at radius 1 is 0.667 bits per heavy atom. The summed E-state index contributed by atoms with van der Waals surface area (Å²) in [5.74, 6) is 1.40. The van der Waals surface area contributed by atoms with E-state index < -0.39 is 23.2 Å². The molecule has 0 bridgehead atoms. The third-order valence-corrected chi connectivity index (χ3v) is 9.94. The van der Waals surface area contributed by atoms with Gasteiger partial charge < -0.3 is 0 Å². The molecule has 0 aliphatic heterocycles. The first-order valence-electron chi connectivity index (χ1n) is 10.7. The van der Waals surface area contributed by atoms with Crippen LogP contribution in [-0.4, -0.2) is 0 Å². The summed E-state index contributed by atoms with van der Waals surface area (Å²) in [5, 5.41) is 0. The number of hydrogen-bond acceptors (Lipinski definition) is 0. The van der Waals surface area contributed by atoms with Gasteiger partial charge in [-0.2, -0.15) is 0 Å². The molecular formula is C26H30Zr. The van der Waals surface area contributed by atoms with Gasteiger partial charge >= 0.3 is 177 Å². The average molecular weight is 434 g/mol. The zero-order chi connectivity index (χ0) is 18.6. The average Bonchev–Trinajstić information content (AvgIpc) is 3.22. The molecule has 0 saturated carbocycles. The van der Waals surface area contributed by atoms with Crippen molar-refractivity contribution in [3.63, 3.8) is 0 Å². The molecule has 0 radical (unpaired) electrons. The summed E-state index contributed by atoms with van der Waals surface area (Å²) in [6, 6.07) is 18.3. The van der Waals surface area contributed by atoms with Crippen molar-refractivity contribution < 1.29 is 23.2 Å². The number of hydrogen-bond donors (Lipinski definition) is 0. The van der Waals surface area contributed by atoms with Gasteiger partial charge in [0.05, 0.1) is 0 Å². The van der Waals surface area contributed by atoms with Gasteiger partial charge in [0, 0.05) is 0 Å². The Labute approximate surface area is 176 Å². The van der Waals surface area contributed by atoms with Crippen molar-refractivity contribution in [2.45, 2.75) is 64.2 Å². The summed E-state index contributed by atoms with van der Waals surface area (Å²) in [5.41, 5.74) is 6.19. The van der Waals surface area contributed by atoms with E-state index in [1.807, 2.05) is 6.56 Å². The number of fused-ring (bicyclic) bond motifs is 2. The Morgan fingerprint density at radius 3 is 1.56 bits per heavy atom. The molecule has 2 unspecified atom stereocenters. The van der Waals surface area contributed by atoms with E-state index in [0.717, 1.165) is 0 Å². The van der Waals surface area contributed by atoms with Crippen molar-refractivity contribution in [3.05, 3.63) is 77.3 Å². The summed E-state index contributed by atoms with van der Waals surface area (Å²) in [7, 11) is 0. The number of rotatable bonds is 8. The fourth-order valence-corrected chi connectivity index (χ4v) is 8.91. The van der Waals surface area contributed by atoms with Crippen molar-refractivity contribution in [1.29, 1.82) is 0 Å². The van der Waals surface area contributed by atoms with Crippen LogP contribution in [0.3, 0.4) is 0 Å². The second kappa shape index (κ2) is 8.87. The van der Waals surface area contributed by atoms with Crippen LogP contribution in [0.4, 0.5) is 0 Å². The monoisotopic (exact) mass is 432 g/mol. The molecule has 0 N–H and O–H groups in total. The third kappa shape index (κ3) is 4.00. The van der Waals surface area contributed by atoms with Gasteiger partial charge in [-0.05, 0) is 0 Å². The molecule has 0 amide bonds. The van der Waals surface area contributed by atoms with Gasteiger partial charge in [0.2, 0.25) is 0 Å². The number of benzene rings is 2. The Morgan fingerprint density at radius 2 is 1.11 bits per heavy atom. The molecule has 2 aromatic carbocycles. The van der Waals surface area contributed by atoms with Crippen LogP contribution < -0.4 is 0 Å². The second-order valence-corrected chi connectivity index (χ2v) is 11.4. The fraction of sp³-hybridized carbons (Fsp3) is 0.385. The molecule has 138 valence electrons. The number of unbranched alkanes of at least 4 members (excludes halogenated alkanes) is 2. The molecule has 0 heterocycles. The van der Waals surface area contributed by atoms with E-state index in [0.29, 0.717) is 11.8 Å². The SMILES string of the molecule is CCCCC1[C]([Zr][C]2=Cc3ccccc3C2CCCC)=Cc2ccccc21. The van der Waals surface area contributed by atoms with Crippen molar-refractivity contribution in [3.8, 4) is 0 Å². The molecule has 2 aliphatic carbocycles. The minimum absolute atomic E-state index is 0.698. The van der Waals surface area contributed by atoms with Gasteiger partial charge in [-0.25, -0.2) is 0 Å². The maximum atomic E-state index is 2.57. The Hall–Kier alpha value is -1.20. The quantitative estimate of drug-likeness (QED) is 0.399. The van der Waals surface area contributed by atoms with Crippen LogP contribution in [0.1, 0.15) is 86.5 Å². The number of allylic oxidation sites excluding steroid dienone is 2. The van der Waals surface area contributed by atoms with E-state index in [1.54, 1.807) is 11.1 Å². The van der Waals surface area contributed by atoms with Crippen molar-refractivity contribution in [1.82, 2.24) is 0 Å². The summed E-state index contributed by atoms with van der Waals surface area (Å²) in [6.45, 7) is 4.64. The predicted molar refractivity (Wildman–Crippen MR) is 113 cm³/mol. The molecule has 4 rings (SSSR count). The van der Waals surface area contributed by atoms with Crippen molar-refractivity contribution >= 4 is 12.2 Å². The van der Waals surface area contributed by atoms with Crippen LogP contribution in [0, 0.1) is 0 Å². The minimum atomic E-state index is -0.737. The zero-order valence-electron chi connectivity index (χ0n) is 16.7. The summed E-state index contributed by atoms with van der Waals surface area (Å²) in [6.07, 6.45) is 13.1. The maximum absolute atomic E-state index is 2.57. The van der Waals surface area contributed by atoms with E-state index in [2.05, 4.69) is 74.5 Å². The van der Waals surface area contributed by atoms with E-state index in [9.17, 15) is 0 Å².